The molecule has 0 saturated carbocycles. The number of Topliss-reactive ketones (excluding diaryl/α,β-unsaturated/α-hetero) is 1. The summed E-state index contributed by atoms with van der Waals surface area (Å²) in [6, 6.07) is -1.37. The number of hydrogen-bond acceptors (Lipinski definition) is 5. The maximum atomic E-state index is 10.8. The fourth-order valence-electron chi connectivity index (χ4n) is 0.908. The average Bonchev–Trinajstić information content (AvgIpc) is 1.99. The van der Waals surface area contributed by atoms with Gasteiger partial charge in [0, 0.05) is 11.8 Å². The number of ketones is 1. The molecule has 0 aromatic heterocycles. The highest BCUT2D eigenvalue weighted by Gasteiger charge is 2.28. The molecule has 0 amide bonds. The van der Waals surface area contributed by atoms with Crippen molar-refractivity contribution in [2.75, 3.05) is 13.2 Å². The van der Waals surface area contributed by atoms with Crippen molar-refractivity contribution in [1.82, 2.24) is 0 Å². The van der Waals surface area contributed by atoms with Gasteiger partial charge in [-0.05, 0) is 6.92 Å². The maximum Gasteiger partial charge on any atom is 0.307 e. The molecular weight excluding hydrogens is 176 g/mol. The Morgan fingerprint density at radius 3 is 2.46 bits per heavy atom. The van der Waals surface area contributed by atoms with Crippen LogP contribution in [0.4, 0.5) is 0 Å². The van der Waals surface area contributed by atoms with E-state index in [1.54, 1.807) is 0 Å². The van der Waals surface area contributed by atoms with Crippen LogP contribution < -0.4 is 0 Å². The van der Waals surface area contributed by atoms with Crippen LogP contribution in [0.5, 0.6) is 0 Å². The number of carbonyl (C=O) groups is 1. The van der Waals surface area contributed by atoms with E-state index in [-0.39, 0.29) is 18.9 Å². The zero-order valence-corrected chi connectivity index (χ0v) is 7.56. The summed E-state index contributed by atoms with van der Waals surface area (Å²) in [6.07, 6.45) is 0. The summed E-state index contributed by atoms with van der Waals surface area (Å²) in [4.78, 5) is 24.2. The molecule has 0 aromatic rings. The molecule has 0 spiro atoms. The lowest BCUT2D eigenvalue weighted by Crippen LogP contribution is -2.34. The van der Waals surface area contributed by atoms with Crippen molar-refractivity contribution in [2.24, 2.45) is 4.99 Å². The zero-order chi connectivity index (χ0) is 10.4. The fraction of sp³-hybridized carbons (Fsp3) is 0.714. The molecule has 0 aliphatic rings. The summed E-state index contributed by atoms with van der Waals surface area (Å²) in [7, 11) is 0. The van der Waals surface area contributed by atoms with Crippen molar-refractivity contribution in [3.05, 3.63) is 10.1 Å². The third-order valence-electron chi connectivity index (χ3n) is 1.45. The molecule has 0 aromatic carbocycles. The average molecular weight is 188 g/mol. The first kappa shape index (κ1) is 11.7. The smallest absolute Gasteiger partial charge is 0.307 e. The van der Waals surface area contributed by atoms with Crippen LogP contribution in [0.3, 0.4) is 0 Å². The molecule has 13 heavy (non-hydrogen) atoms. The first-order valence-corrected chi connectivity index (χ1v) is 3.76. The number of aliphatic hydroxyl groups excluding tert-OH is 1. The molecule has 74 valence electrons. The van der Waals surface area contributed by atoms with Gasteiger partial charge in [-0.1, -0.05) is 0 Å². The van der Waals surface area contributed by atoms with Gasteiger partial charge >= 0.3 is 6.04 Å². The predicted molar refractivity (Wildman–Crippen MR) is 46.5 cm³/mol. The van der Waals surface area contributed by atoms with E-state index in [1.807, 2.05) is 0 Å². The Balaban J connectivity index is 4.55. The Bertz CT molecular complexity index is 223. The quantitative estimate of drug-likeness (QED) is 0.363. The van der Waals surface area contributed by atoms with Gasteiger partial charge in [-0.25, -0.2) is 0 Å². The van der Waals surface area contributed by atoms with Crippen molar-refractivity contribution in [3.8, 4) is 0 Å². The van der Waals surface area contributed by atoms with Crippen LogP contribution in [-0.4, -0.2) is 40.7 Å². The zero-order valence-electron chi connectivity index (χ0n) is 7.56. The molecular formula is C7H12N2O4. The lowest BCUT2D eigenvalue weighted by atomic mass is 10.1. The van der Waals surface area contributed by atoms with Crippen LogP contribution >= 0.6 is 0 Å². The highest BCUT2D eigenvalue weighted by molar-refractivity contribution is 6.05. The van der Waals surface area contributed by atoms with E-state index in [1.165, 1.54) is 6.92 Å². The first-order chi connectivity index (χ1) is 6.00. The molecule has 0 saturated heterocycles. The Labute approximate surface area is 75.4 Å². The predicted octanol–water partition coefficient (Wildman–Crippen LogP) is -0.326. The third-order valence-corrected chi connectivity index (χ3v) is 1.45. The van der Waals surface area contributed by atoms with E-state index >= 15 is 0 Å². The van der Waals surface area contributed by atoms with Crippen LogP contribution in [0.15, 0.2) is 4.99 Å². The maximum absolute atomic E-state index is 10.8. The Hall–Kier alpha value is -1.30. The topological polar surface area (TPSA) is 92.8 Å². The van der Waals surface area contributed by atoms with Crippen LogP contribution in [0.2, 0.25) is 0 Å². The minimum absolute atomic E-state index is 0.0868. The second kappa shape index (κ2) is 5.36. The van der Waals surface area contributed by atoms with E-state index < -0.39 is 16.7 Å². The highest BCUT2D eigenvalue weighted by atomic mass is 16.6. The van der Waals surface area contributed by atoms with Gasteiger partial charge in [0.05, 0.1) is 18.9 Å². The number of aliphatic hydroxyl groups is 1. The largest absolute Gasteiger partial charge is 0.394 e. The number of carbonyl (C=O) groups excluding carboxylic acids is 1. The molecule has 6 heteroatoms. The molecule has 0 heterocycles. The summed E-state index contributed by atoms with van der Waals surface area (Å²) < 4.78 is 0. The van der Waals surface area contributed by atoms with Crippen molar-refractivity contribution in [1.29, 1.82) is 0 Å². The number of rotatable bonds is 5. The molecule has 1 unspecified atom stereocenters. The third kappa shape index (κ3) is 3.75. The molecule has 0 rings (SSSR count). The molecule has 1 N–H and O–H groups in total. The number of hydrogen-bond donors (Lipinski definition) is 1. The van der Waals surface area contributed by atoms with Gasteiger partial charge in [-0.3, -0.25) is 19.9 Å². The minimum Gasteiger partial charge on any atom is -0.394 e. The minimum atomic E-state index is -1.37. The number of aliphatic imine (C=N–C) groups is 1. The number of nitrogens with zero attached hydrogens (tertiary/aromatic N) is 2. The van der Waals surface area contributed by atoms with Crippen molar-refractivity contribution < 1.29 is 14.8 Å². The van der Waals surface area contributed by atoms with Gasteiger partial charge in [0.2, 0.25) is 5.78 Å². The lowest BCUT2D eigenvalue weighted by molar-refractivity contribution is -0.488. The summed E-state index contributed by atoms with van der Waals surface area (Å²) >= 11 is 0. The van der Waals surface area contributed by atoms with Gasteiger partial charge in [0.15, 0.2) is 0 Å². The molecule has 0 fully saturated rings. The Kier molecular flexibility index (Phi) is 4.83. The molecule has 0 radical (unpaired) electrons. The SMILES string of the molecule is CC(=O)C(C(C)=NCCO)[N+](=O)[O-]. The van der Waals surface area contributed by atoms with Crippen LogP contribution in [0.1, 0.15) is 13.8 Å². The number of nitro groups is 1. The Morgan fingerprint density at radius 2 is 2.15 bits per heavy atom. The second-order valence-electron chi connectivity index (χ2n) is 2.55. The normalized spacial score (nSPS) is 13.9. The van der Waals surface area contributed by atoms with Gasteiger partial charge in [-0.2, -0.15) is 0 Å². The van der Waals surface area contributed by atoms with Gasteiger partial charge < -0.3 is 5.11 Å². The Morgan fingerprint density at radius 1 is 1.62 bits per heavy atom. The summed E-state index contributed by atoms with van der Waals surface area (Å²) in [6.45, 7) is 2.46. The van der Waals surface area contributed by atoms with E-state index in [9.17, 15) is 14.9 Å². The molecule has 0 bridgehead atoms. The van der Waals surface area contributed by atoms with Gasteiger partial charge in [0.1, 0.15) is 0 Å². The van der Waals surface area contributed by atoms with Crippen LogP contribution in [0.25, 0.3) is 0 Å². The van der Waals surface area contributed by atoms with E-state index in [0.29, 0.717) is 0 Å². The summed E-state index contributed by atoms with van der Waals surface area (Å²) in [5, 5.41) is 18.8. The van der Waals surface area contributed by atoms with Crippen molar-refractivity contribution in [2.45, 2.75) is 19.9 Å². The second-order valence-corrected chi connectivity index (χ2v) is 2.55. The van der Waals surface area contributed by atoms with E-state index in [0.717, 1.165) is 6.92 Å². The monoisotopic (exact) mass is 188 g/mol. The molecule has 0 aliphatic heterocycles. The highest BCUT2D eigenvalue weighted by Crippen LogP contribution is 1.96. The summed E-state index contributed by atoms with van der Waals surface area (Å²) in [5.74, 6) is -0.552. The lowest BCUT2D eigenvalue weighted by Gasteiger charge is -2.04. The molecule has 0 aliphatic carbocycles. The van der Waals surface area contributed by atoms with Gasteiger partial charge in [0.25, 0.3) is 0 Å². The van der Waals surface area contributed by atoms with Crippen LogP contribution in [-0.2, 0) is 4.79 Å². The first-order valence-electron chi connectivity index (χ1n) is 3.76. The van der Waals surface area contributed by atoms with Crippen LogP contribution in [0, 0.1) is 10.1 Å². The fourth-order valence-corrected chi connectivity index (χ4v) is 0.908. The van der Waals surface area contributed by atoms with Crippen molar-refractivity contribution in [3.63, 3.8) is 0 Å². The van der Waals surface area contributed by atoms with Crippen molar-refractivity contribution >= 4 is 11.5 Å². The molecule has 6 nitrogen and oxygen atoms in total. The molecule has 1 atom stereocenters. The van der Waals surface area contributed by atoms with Gasteiger partial charge in [-0.15, -0.1) is 0 Å². The van der Waals surface area contributed by atoms with E-state index in [4.69, 9.17) is 5.11 Å². The summed E-state index contributed by atoms with van der Waals surface area (Å²) in [5.41, 5.74) is 0.131. The standard InChI is InChI=1S/C7H12N2O4/c1-5(8-3-4-10)7(6(2)11)9(12)13/h7,10H,3-4H2,1-2H3. The van der Waals surface area contributed by atoms with E-state index in [2.05, 4.69) is 4.99 Å².